The number of fused-ring (bicyclic) bond motifs is 1. The lowest BCUT2D eigenvalue weighted by molar-refractivity contribution is -0.112. The largest absolute Gasteiger partial charge is 0.494 e. The number of hydrogen-bond acceptors (Lipinski definition) is 4. The molecule has 1 amide bonds. The van der Waals surface area contributed by atoms with Crippen LogP contribution in [0.25, 0.3) is 5.57 Å². The maximum atomic E-state index is 12.1. The molecule has 96 valence electrons. The van der Waals surface area contributed by atoms with Crippen molar-refractivity contribution in [2.75, 3.05) is 0 Å². The number of amides is 1. The molecule has 1 aliphatic rings. The molecular weight excluding hydrogens is 280 g/mol. The van der Waals surface area contributed by atoms with Gasteiger partial charge >= 0.3 is 0 Å². The monoisotopic (exact) mass is 290 g/mol. The molecule has 1 aromatic carbocycles. The van der Waals surface area contributed by atoms with E-state index in [1.807, 2.05) is 26.0 Å². The molecule has 1 aliphatic heterocycles. The van der Waals surface area contributed by atoms with Gasteiger partial charge in [0.15, 0.2) is 3.95 Å². The third-order valence-corrected chi connectivity index (χ3v) is 4.36. The summed E-state index contributed by atoms with van der Waals surface area (Å²) >= 11 is 6.18. The minimum absolute atomic E-state index is 0.0673. The minimum Gasteiger partial charge on any atom is -0.494 e. The zero-order valence-electron chi connectivity index (χ0n) is 10.3. The lowest BCUT2D eigenvalue weighted by Gasteiger charge is -1.99. The Bertz CT molecular complexity index is 890. The number of nitrogens with one attached hydrogen (secondary N) is 1. The zero-order chi connectivity index (χ0) is 13.7. The first-order chi connectivity index (χ1) is 8.99. The molecule has 0 saturated heterocycles. The summed E-state index contributed by atoms with van der Waals surface area (Å²) in [5, 5.41) is 11.4. The quantitative estimate of drug-likeness (QED) is 0.782. The van der Waals surface area contributed by atoms with Crippen LogP contribution >= 0.6 is 23.6 Å². The Hall–Kier alpha value is -1.79. The van der Waals surface area contributed by atoms with Crippen molar-refractivity contribution in [3.63, 3.8) is 0 Å². The second-order valence-electron chi connectivity index (χ2n) is 4.41. The van der Waals surface area contributed by atoms with E-state index < -0.39 is 0 Å². The Labute approximate surface area is 117 Å². The summed E-state index contributed by atoms with van der Waals surface area (Å²) in [5.41, 5.74) is 2.34. The molecule has 0 bridgehead atoms. The number of aromatic amines is 1. The van der Waals surface area contributed by atoms with Gasteiger partial charge < -0.3 is 10.1 Å². The highest BCUT2D eigenvalue weighted by Crippen LogP contribution is 2.29. The van der Waals surface area contributed by atoms with Gasteiger partial charge in [-0.3, -0.25) is 4.79 Å². The molecule has 0 saturated carbocycles. The van der Waals surface area contributed by atoms with Crippen LogP contribution in [0.3, 0.4) is 0 Å². The van der Waals surface area contributed by atoms with Crippen LogP contribution in [0, 0.1) is 17.8 Å². The van der Waals surface area contributed by atoms with Crippen LogP contribution < -0.4 is 10.6 Å². The third-order valence-electron chi connectivity index (χ3n) is 3.12. The van der Waals surface area contributed by atoms with Gasteiger partial charge in [0.2, 0.25) is 5.88 Å². The SMILES string of the molecule is Cc1ccc(C)c2c1=NC(=O)C=2c1sc(=S)[nH]c1O. The third kappa shape index (κ3) is 1.75. The smallest absolute Gasteiger partial charge is 0.279 e. The van der Waals surface area contributed by atoms with E-state index in [4.69, 9.17) is 12.2 Å². The molecule has 0 radical (unpaired) electrons. The predicted molar refractivity (Wildman–Crippen MR) is 75.4 cm³/mol. The van der Waals surface area contributed by atoms with E-state index in [2.05, 4.69) is 9.98 Å². The zero-order valence-corrected chi connectivity index (χ0v) is 11.9. The Morgan fingerprint density at radius 3 is 2.63 bits per heavy atom. The maximum Gasteiger partial charge on any atom is 0.279 e. The topological polar surface area (TPSA) is 65.5 Å². The van der Waals surface area contributed by atoms with Crippen molar-refractivity contribution in [1.82, 2.24) is 4.98 Å². The fourth-order valence-electron chi connectivity index (χ4n) is 2.22. The molecule has 0 aliphatic carbocycles. The van der Waals surface area contributed by atoms with Gasteiger partial charge in [0, 0.05) is 5.22 Å². The van der Waals surface area contributed by atoms with Crippen LogP contribution in [0.4, 0.5) is 0 Å². The van der Waals surface area contributed by atoms with Gasteiger partial charge in [-0.1, -0.05) is 12.1 Å². The molecule has 0 unspecified atom stereocenters. The lowest BCUT2D eigenvalue weighted by atomic mass is 10.1. The Kier molecular flexibility index (Phi) is 2.65. The number of aromatic nitrogens is 1. The van der Waals surface area contributed by atoms with Crippen molar-refractivity contribution in [3.8, 4) is 5.88 Å². The molecule has 2 N–H and O–H groups in total. The molecular formula is C13H10N2O2S2. The molecule has 4 nitrogen and oxygen atoms in total. The van der Waals surface area contributed by atoms with E-state index in [1.54, 1.807) is 0 Å². The van der Waals surface area contributed by atoms with Gasteiger partial charge in [0.25, 0.3) is 5.91 Å². The first kappa shape index (κ1) is 12.3. The minimum atomic E-state index is -0.326. The van der Waals surface area contributed by atoms with E-state index in [-0.39, 0.29) is 11.8 Å². The highest BCUT2D eigenvalue weighted by atomic mass is 32.1. The molecule has 0 spiro atoms. The second-order valence-corrected chi connectivity index (χ2v) is 6.09. The van der Waals surface area contributed by atoms with Crippen LogP contribution in [-0.4, -0.2) is 16.0 Å². The average molecular weight is 290 g/mol. The summed E-state index contributed by atoms with van der Waals surface area (Å²) in [6, 6.07) is 3.89. The number of carbonyl (C=O) groups excluding carboxylic acids is 1. The average Bonchev–Trinajstić information content (AvgIpc) is 2.84. The second kappa shape index (κ2) is 4.11. The number of hydrogen-bond donors (Lipinski definition) is 2. The van der Waals surface area contributed by atoms with Crippen LogP contribution in [0.2, 0.25) is 0 Å². The van der Waals surface area contributed by atoms with Crippen molar-refractivity contribution in [1.29, 1.82) is 0 Å². The molecule has 19 heavy (non-hydrogen) atoms. The van der Waals surface area contributed by atoms with Crippen molar-refractivity contribution >= 4 is 35.0 Å². The van der Waals surface area contributed by atoms with E-state index >= 15 is 0 Å². The van der Waals surface area contributed by atoms with Crippen molar-refractivity contribution < 1.29 is 9.90 Å². The summed E-state index contributed by atoms with van der Waals surface area (Å²) in [4.78, 5) is 19.3. The van der Waals surface area contributed by atoms with Gasteiger partial charge in [0.1, 0.15) is 4.88 Å². The first-order valence-electron chi connectivity index (χ1n) is 5.65. The molecule has 2 aromatic rings. The highest BCUT2D eigenvalue weighted by molar-refractivity contribution is 7.73. The van der Waals surface area contributed by atoms with E-state index in [1.165, 1.54) is 11.3 Å². The number of thiazole rings is 1. The summed E-state index contributed by atoms with van der Waals surface area (Å²) < 4.78 is 0.437. The van der Waals surface area contributed by atoms with Crippen molar-refractivity contribution in [3.05, 3.63) is 42.7 Å². The highest BCUT2D eigenvalue weighted by Gasteiger charge is 2.24. The van der Waals surface area contributed by atoms with Crippen LogP contribution in [0.1, 0.15) is 16.0 Å². The summed E-state index contributed by atoms with van der Waals surface area (Å²) in [5.74, 6) is -0.393. The van der Waals surface area contributed by atoms with Gasteiger partial charge in [-0.05, 0) is 37.2 Å². The maximum absolute atomic E-state index is 12.1. The number of aryl methyl sites for hydroxylation is 2. The Morgan fingerprint density at radius 2 is 2.00 bits per heavy atom. The normalized spacial score (nSPS) is 13.6. The van der Waals surface area contributed by atoms with Crippen LogP contribution in [0.5, 0.6) is 5.88 Å². The van der Waals surface area contributed by atoms with Crippen molar-refractivity contribution in [2.24, 2.45) is 4.99 Å². The number of rotatable bonds is 1. The van der Waals surface area contributed by atoms with E-state index in [0.717, 1.165) is 16.3 Å². The van der Waals surface area contributed by atoms with Crippen LogP contribution in [-0.2, 0) is 4.79 Å². The number of nitrogens with zero attached hydrogens (tertiary/aromatic N) is 1. The Balaban J connectivity index is 2.52. The molecule has 0 fully saturated rings. The molecule has 1 aromatic heterocycles. The molecule has 2 heterocycles. The first-order valence-corrected chi connectivity index (χ1v) is 6.87. The van der Waals surface area contributed by atoms with E-state index in [0.29, 0.717) is 19.8 Å². The summed E-state index contributed by atoms with van der Waals surface area (Å²) in [7, 11) is 0. The van der Waals surface area contributed by atoms with Gasteiger partial charge in [-0.2, -0.15) is 0 Å². The number of aromatic hydroxyl groups is 1. The fraction of sp³-hybridized carbons (Fsp3) is 0.154. The van der Waals surface area contributed by atoms with Crippen molar-refractivity contribution in [2.45, 2.75) is 13.8 Å². The molecule has 0 atom stereocenters. The molecule has 6 heteroatoms. The van der Waals surface area contributed by atoms with Gasteiger partial charge in [-0.15, -0.1) is 11.3 Å². The van der Waals surface area contributed by atoms with Crippen LogP contribution in [0.15, 0.2) is 17.1 Å². The number of H-pyrrole nitrogens is 1. The number of carbonyl (C=O) groups is 1. The summed E-state index contributed by atoms with van der Waals surface area (Å²) in [6.07, 6.45) is 0. The standard InChI is InChI=1S/C13H10N2O2S2/c1-5-3-4-6(2)9-7(5)8(11(16)14-9)10-12(17)15-13(18)19-10/h3-4,17H,1-2H3,(H,15,18). The molecule has 3 rings (SSSR count). The fourth-order valence-corrected chi connectivity index (χ4v) is 3.34. The van der Waals surface area contributed by atoms with E-state index in [9.17, 15) is 9.90 Å². The predicted octanol–water partition coefficient (Wildman–Crippen LogP) is 1.49. The number of benzene rings is 1. The van der Waals surface area contributed by atoms with Gasteiger partial charge in [0.05, 0.1) is 10.9 Å². The Morgan fingerprint density at radius 1 is 1.32 bits per heavy atom. The van der Waals surface area contributed by atoms with Gasteiger partial charge in [-0.25, -0.2) is 4.99 Å². The summed E-state index contributed by atoms with van der Waals surface area (Å²) in [6.45, 7) is 3.84. The lowest BCUT2D eigenvalue weighted by Crippen LogP contribution is -2.28.